The molecule has 3 N–H and O–H groups in total. The predicted molar refractivity (Wildman–Crippen MR) is 91.5 cm³/mol. The van der Waals surface area contributed by atoms with E-state index < -0.39 is 12.0 Å². The van der Waals surface area contributed by atoms with Gasteiger partial charge in [0, 0.05) is 17.2 Å². The van der Waals surface area contributed by atoms with E-state index in [4.69, 9.17) is 15.7 Å². The average Bonchev–Trinajstić information content (AvgIpc) is 2.68. The maximum Gasteiger partial charge on any atom is 0.256 e. The van der Waals surface area contributed by atoms with Crippen molar-refractivity contribution >= 4 is 17.6 Å². The summed E-state index contributed by atoms with van der Waals surface area (Å²) >= 11 is 0. The van der Waals surface area contributed by atoms with Gasteiger partial charge < -0.3 is 20.7 Å². The molecule has 2 amide bonds. The van der Waals surface area contributed by atoms with Crippen LogP contribution in [0, 0.1) is 11.5 Å². The van der Waals surface area contributed by atoms with Crippen LogP contribution in [0.2, 0.25) is 0 Å². The lowest BCUT2D eigenvalue weighted by molar-refractivity contribution is -0.131. The highest BCUT2D eigenvalue weighted by molar-refractivity contribution is 5.95. The summed E-state index contributed by atoms with van der Waals surface area (Å²) in [5.74, 6) is -0.631. The number of aromatic nitrogens is 2. The van der Waals surface area contributed by atoms with Gasteiger partial charge in [-0.15, -0.1) is 0 Å². The summed E-state index contributed by atoms with van der Waals surface area (Å²) in [7, 11) is 0. The Morgan fingerprint density at radius 3 is 2.96 bits per heavy atom. The largest absolute Gasteiger partial charge is 0.366 e. The van der Waals surface area contributed by atoms with Gasteiger partial charge in [-0.1, -0.05) is 12.1 Å². The van der Waals surface area contributed by atoms with E-state index in [1.54, 1.807) is 30.3 Å². The van der Waals surface area contributed by atoms with Gasteiger partial charge in [-0.05, 0) is 12.1 Å². The summed E-state index contributed by atoms with van der Waals surface area (Å²) in [5, 5.41) is 11.6. The summed E-state index contributed by atoms with van der Waals surface area (Å²) in [4.78, 5) is 33.3. The number of amides is 2. The van der Waals surface area contributed by atoms with E-state index in [-0.39, 0.29) is 12.5 Å². The smallest absolute Gasteiger partial charge is 0.256 e. The summed E-state index contributed by atoms with van der Waals surface area (Å²) in [5.41, 5.74) is 6.85. The van der Waals surface area contributed by atoms with Gasteiger partial charge in [0.1, 0.15) is 12.1 Å². The zero-order valence-corrected chi connectivity index (χ0v) is 13.8. The van der Waals surface area contributed by atoms with Crippen LogP contribution in [-0.4, -0.2) is 52.5 Å². The summed E-state index contributed by atoms with van der Waals surface area (Å²) < 4.78 is 5.40. The summed E-state index contributed by atoms with van der Waals surface area (Å²) in [6.45, 7) is 0.968. The maximum absolute atomic E-state index is 12.3. The first kappa shape index (κ1) is 17.3. The molecule has 1 aliphatic rings. The molecule has 1 fully saturated rings. The molecule has 0 radical (unpaired) electrons. The molecular weight excluding hydrogens is 336 g/mol. The Bertz CT molecular complexity index is 879. The number of nitrogens with one attached hydrogen (secondary N) is 1. The molecule has 2 aromatic rings. The highest BCUT2D eigenvalue weighted by Crippen LogP contribution is 2.20. The van der Waals surface area contributed by atoms with Crippen LogP contribution in [-0.2, 0) is 9.53 Å². The van der Waals surface area contributed by atoms with Crippen molar-refractivity contribution < 1.29 is 14.3 Å². The molecule has 0 aliphatic carbocycles. The number of carbonyl (C=O) groups excluding carboxylic acids is 2. The van der Waals surface area contributed by atoms with E-state index in [9.17, 15) is 9.59 Å². The first-order chi connectivity index (χ1) is 12.6. The van der Waals surface area contributed by atoms with Crippen molar-refractivity contribution in [3.8, 4) is 17.5 Å². The molecule has 1 aliphatic heterocycles. The Hall–Kier alpha value is -3.51. The van der Waals surface area contributed by atoms with Gasteiger partial charge in [0.25, 0.3) is 5.91 Å². The third-order valence-electron chi connectivity index (χ3n) is 3.86. The topological polar surface area (TPSA) is 134 Å². The predicted octanol–water partition coefficient (Wildman–Crippen LogP) is 0.363. The monoisotopic (exact) mass is 352 g/mol. The lowest BCUT2D eigenvalue weighted by Gasteiger charge is -2.28. The number of rotatable bonds is 4. The van der Waals surface area contributed by atoms with Gasteiger partial charge in [-0.3, -0.25) is 9.59 Å². The van der Waals surface area contributed by atoms with E-state index in [0.29, 0.717) is 35.8 Å². The zero-order chi connectivity index (χ0) is 18.5. The van der Waals surface area contributed by atoms with Gasteiger partial charge >= 0.3 is 0 Å². The Balaban J connectivity index is 1.75. The number of benzene rings is 1. The quantitative estimate of drug-likeness (QED) is 0.759. The first-order valence-corrected chi connectivity index (χ1v) is 7.86. The highest BCUT2D eigenvalue weighted by atomic mass is 16.5. The molecule has 0 spiro atoms. The summed E-state index contributed by atoms with van der Waals surface area (Å²) in [6, 6.07) is 8.28. The molecule has 1 unspecified atom stereocenters. The highest BCUT2D eigenvalue weighted by Gasteiger charge is 2.26. The van der Waals surface area contributed by atoms with Gasteiger partial charge in [0.2, 0.25) is 5.91 Å². The van der Waals surface area contributed by atoms with Crippen molar-refractivity contribution in [2.45, 2.75) is 6.10 Å². The molecule has 1 saturated heterocycles. The van der Waals surface area contributed by atoms with Crippen molar-refractivity contribution in [1.29, 1.82) is 5.26 Å². The zero-order valence-electron chi connectivity index (χ0n) is 13.8. The van der Waals surface area contributed by atoms with E-state index >= 15 is 0 Å². The van der Waals surface area contributed by atoms with Crippen molar-refractivity contribution in [3.05, 3.63) is 42.2 Å². The fourth-order valence-corrected chi connectivity index (χ4v) is 2.52. The number of nitrogens with zero attached hydrogens (tertiary/aromatic N) is 4. The molecule has 1 aromatic carbocycles. The standard InChI is InChI=1S/C17H16N6O3/c18-9-23-4-5-26-14(8-23)17(25)22-15-7-13(20-10-21-15)11-2-1-3-12(6-11)16(19)24/h1-3,6-7,10,14H,4-5,8H2,(H2,19,24)(H,20,21,22,25). The second-order valence-electron chi connectivity index (χ2n) is 5.63. The molecule has 0 saturated carbocycles. The van der Waals surface area contributed by atoms with Gasteiger partial charge in [0.15, 0.2) is 12.3 Å². The number of nitriles is 1. The molecule has 9 nitrogen and oxygen atoms in total. The number of morpholine rings is 1. The van der Waals surface area contributed by atoms with Crippen LogP contribution in [0.25, 0.3) is 11.3 Å². The molecule has 132 valence electrons. The third kappa shape index (κ3) is 3.93. The molecule has 1 atom stereocenters. The maximum atomic E-state index is 12.3. The number of hydrogen-bond acceptors (Lipinski definition) is 7. The SMILES string of the molecule is N#CN1CCOC(C(=O)Nc2cc(-c3cccc(C(N)=O)c3)ncn2)C1. The molecular formula is C17H16N6O3. The van der Waals surface area contributed by atoms with Crippen molar-refractivity contribution in [3.63, 3.8) is 0 Å². The van der Waals surface area contributed by atoms with Crippen LogP contribution in [0.3, 0.4) is 0 Å². The van der Waals surface area contributed by atoms with Gasteiger partial charge in [-0.2, -0.15) is 5.26 Å². The van der Waals surface area contributed by atoms with E-state index in [2.05, 4.69) is 15.3 Å². The minimum absolute atomic E-state index is 0.195. The molecule has 3 rings (SSSR count). The number of nitrogens with two attached hydrogens (primary N) is 1. The second kappa shape index (κ2) is 7.58. The minimum atomic E-state index is -0.750. The third-order valence-corrected chi connectivity index (χ3v) is 3.86. The number of anilines is 1. The molecule has 26 heavy (non-hydrogen) atoms. The van der Waals surface area contributed by atoms with Gasteiger partial charge in [0.05, 0.1) is 25.4 Å². The van der Waals surface area contributed by atoms with Crippen LogP contribution in [0.15, 0.2) is 36.7 Å². The van der Waals surface area contributed by atoms with Crippen LogP contribution in [0.1, 0.15) is 10.4 Å². The number of primary amides is 1. The van der Waals surface area contributed by atoms with Crippen molar-refractivity contribution in [1.82, 2.24) is 14.9 Å². The Morgan fingerprint density at radius 1 is 1.35 bits per heavy atom. The lowest BCUT2D eigenvalue weighted by atomic mass is 10.1. The van der Waals surface area contributed by atoms with Crippen LogP contribution < -0.4 is 11.1 Å². The Kier molecular flexibility index (Phi) is 5.05. The molecule has 9 heteroatoms. The lowest BCUT2D eigenvalue weighted by Crippen LogP contribution is -2.46. The van der Waals surface area contributed by atoms with Crippen LogP contribution >= 0.6 is 0 Å². The summed E-state index contributed by atoms with van der Waals surface area (Å²) in [6.07, 6.45) is 2.57. The van der Waals surface area contributed by atoms with E-state index in [1.165, 1.54) is 11.2 Å². The van der Waals surface area contributed by atoms with E-state index in [1.807, 2.05) is 6.19 Å². The van der Waals surface area contributed by atoms with Crippen LogP contribution in [0.5, 0.6) is 0 Å². The molecule has 1 aromatic heterocycles. The fraction of sp³-hybridized carbons (Fsp3) is 0.235. The average molecular weight is 352 g/mol. The van der Waals surface area contributed by atoms with E-state index in [0.717, 1.165) is 0 Å². The number of carbonyl (C=O) groups is 2. The normalized spacial score (nSPS) is 16.6. The van der Waals surface area contributed by atoms with Crippen molar-refractivity contribution in [2.75, 3.05) is 25.0 Å². The minimum Gasteiger partial charge on any atom is -0.366 e. The van der Waals surface area contributed by atoms with Crippen LogP contribution in [0.4, 0.5) is 5.82 Å². The fourth-order valence-electron chi connectivity index (χ4n) is 2.52. The van der Waals surface area contributed by atoms with Gasteiger partial charge in [-0.25, -0.2) is 9.97 Å². The molecule has 2 heterocycles. The Labute approximate surface area is 149 Å². The van der Waals surface area contributed by atoms with Crippen molar-refractivity contribution in [2.24, 2.45) is 5.73 Å². The second-order valence-corrected chi connectivity index (χ2v) is 5.63. The Morgan fingerprint density at radius 2 is 2.19 bits per heavy atom. The number of hydrogen-bond donors (Lipinski definition) is 2. The number of ether oxygens (including phenoxy) is 1. The molecule has 0 bridgehead atoms. The first-order valence-electron chi connectivity index (χ1n) is 7.86.